The summed E-state index contributed by atoms with van der Waals surface area (Å²) in [6, 6.07) is 4.89. The molecule has 5 nitrogen and oxygen atoms in total. The maximum atomic E-state index is 10.6. The Hall–Kier alpha value is -1.96. The Morgan fingerprint density at radius 1 is 1.30 bits per heavy atom. The zero-order valence-corrected chi connectivity index (χ0v) is 15.2. The van der Waals surface area contributed by atoms with E-state index in [1.807, 2.05) is 7.05 Å². The number of carboxylic acid groups (broad SMARTS) is 1. The summed E-state index contributed by atoms with van der Waals surface area (Å²) in [5.74, 6) is -1.56. The number of aromatic hydroxyl groups is 1. The lowest BCUT2D eigenvalue weighted by Crippen LogP contribution is -2.59. The van der Waals surface area contributed by atoms with E-state index in [1.54, 1.807) is 0 Å². The molecule has 4 N–H and O–H groups in total. The lowest BCUT2D eigenvalue weighted by Gasteiger charge is -2.56. The van der Waals surface area contributed by atoms with Crippen molar-refractivity contribution in [3.63, 3.8) is 0 Å². The predicted octanol–water partition coefficient (Wildman–Crippen LogP) is 3.41. The molecular formula is C19H25F3N2O3. The van der Waals surface area contributed by atoms with Crippen LogP contribution in [0.15, 0.2) is 12.1 Å². The van der Waals surface area contributed by atoms with E-state index in [-0.39, 0.29) is 0 Å². The van der Waals surface area contributed by atoms with Gasteiger partial charge >= 0.3 is 12.1 Å². The number of fused-ring (bicyclic) bond motifs is 1. The second-order valence-electron chi connectivity index (χ2n) is 7.60. The minimum Gasteiger partial charge on any atom is -0.506 e. The fourth-order valence-electron chi connectivity index (χ4n) is 5.17. The molecular weight excluding hydrogens is 361 g/mol. The third-order valence-electron chi connectivity index (χ3n) is 6.27. The van der Waals surface area contributed by atoms with E-state index in [9.17, 15) is 18.3 Å². The summed E-state index contributed by atoms with van der Waals surface area (Å²) >= 11 is 0. The van der Waals surface area contributed by atoms with Gasteiger partial charge in [0.25, 0.3) is 0 Å². The molecule has 2 aliphatic carbocycles. The summed E-state index contributed by atoms with van der Waals surface area (Å²) in [5.41, 5.74) is 4.11. The molecule has 1 aromatic carbocycles. The van der Waals surface area contributed by atoms with Gasteiger partial charge in [0.05, 0.1) is 5.69 Å². The van der Waals surface area contributed by atoms with Crippen LogP contribution in [-0.4, -0.2) is 42.0 Å². The first kappa shape index (κ1) is 19.8. The molecule has 0 unspecified atom stereocenters. The van der Waals surface area contributed by atoms with Crippen LogP contribution in [0.5, 0.6) is 5.75 Å². The molecule has 2 bridgehead atoms. The topological polar surface area (TPSA) is 81.6 Å². The van der Waals surface area contributed by atoms with Gasteiger partial charge in [0.1, 0.15) is 5.75 Å². The molecule has 27 heavy (non-hydrogen) atoms. The van der Waals surface area contributed by atoms with Crippen molar-refractivity contribution in [3.8, 4) is 5.75 Å². The van der Waals surface area contributed by atoms with Crippen molar-refractivity contribution >= 4 is 11.7 Å². The first-order chi connectivity index (χ1) is 12.7. The number of anilines is 1. The SMILES string of the molecule is CNc1cc2c(cc1O)[C@]13CCCC[C@@H]1[C@H](C2)NCC3.O=C(O)C(F)(F)F. The highest BCUT2D eigenvalue weighted by atomic mass is 19.4. The number of alkyl halides is 3. The van der Waals surface area contributed by atoms with Gasteiger partial charge in [-0.15, -0.1) is 0 Å². The largest absolute Gasteiger partial charge is 0.506 e. The highest BCUT2D eigenvalue weighted by Crippen LogP contribution is 2.54. The maximum Gasteiger partial charge on any atom is 0.490 e. The number of aliphatic carboxylic acids is 1. The van der Waals surface area contributed by atoms with Gasteiger partial charge in [-0.2, -0.15) is 13.2 Å². The monoisotopic (exact) mass is 386 g/mol. The highest BCUT2D eigenvalue weighted by molar-refractivity contribution is 5.73. The van der Waals surface area contributed by atoms with Crippen molar-refractivity contribution in [1.82, 2.24) is 5.32 Å². The first-order valence-electron chi connectivity index (χ1n) is 9.26. The molecule has 1 saturated heterocycles. The molecule has 2 fully saturated rings. The molecule has 0 aromatic heterocycles. The van der Waals surface area contributed by atoms with Crippen molar-refractivity contribution in [2.45, 2.75) is 56.2 Å². The van der Waals surface area contributed by atoms with Gasteiger partial charge in [-0.3, -0.25) is 0 Å². The van der Waals surface area contributed by atoms with E-state index in [4.69, 9.17) is 9.90 Å². The van der Waals surface area contributed by atoms with Gasteiger partial charge in [-0.25, -0.2) is 4.79 Å². The second kappa shape index (κ2) is 7.22. The fourth-order valence-corrected chi connectivity index (χ4v) is 5.17. The lowest BCUT2D eigenvalue weighted by molar-refractivity contribution is -0.192. The Labute approximate surface area is 156 Å². The number of benzene rings is 1. The highest BCUT2D eigenvalue weighted by Gasteiger charge is 2.51. The fraction of sp³-hybridized carbons (Fsp3) is 0.632. The van der Waals surface area contributed by atoms with E-state index in [1.165, 1.54) is 43.2 Å². The summed E-state index contributed by atoms with van der Waals surface area (Å²) in [5, 5.41) is 24.3. The van der Waals surface area contributed by atoms with Crippen LogP contribution in [-0.2, 0) is 16.6 Å². The zero-order valence-electron chi connectivity index (χ0n) is 15.2. The number of hydrogen-bond acceptors (Lipinski definition) is 4. The number of piperidine rings is 1. The minimum atomic E-state index is -5.08. The summed E-state index contributed by atoms with van der Waals surface area (Å²) in [6.07, 6.45) is 2.65. The molecule has 1 heterocycles. The molecule has 1 saturated carbocycles. The molecule has 1 aliphatic heterocycles. The lowest BCUT2D eigenvalue weighted by atomic mass is 9.53. The van der Waals surface area contributed by atoms with E-state index in [0.29, 0.717) is 17.2 Å². The second-order valence-corrected chi connectivity index (χ2v) is 7.60. The molecule has 150 valence electrons. The number of halogens is 3. The van der Waals surface area contributed by atoms with Crippen LogP contribution in [0, 0.1) is 5.92 Å². The number of phenols is 1. The Morgan fingerprint density at radius 2 is 2.00 bits per heavy atom. The Balaban J connectivity index is 0.000000260. The molecule has 8 heteroatoms. The quantitative estimate of drug-likeness (QED) is 0.556. The summed E-state index contributed by atoms with van der Waals surface area (Å²) in [7, 11) is 1.88. The molecule has 4 rings (SSSR count). The van der Waals surface area contributed by atoms with Crippen LogP contribution < -0.4 is 10.6 Å². The zero-order chi connectivity index (χ0) is 19.8. The number of carbonyl (C=O) groups is 1. The van der Waals surface area contributed by atoms with Crippen molar-refractivity contribution in [2.75, 3.05) is 18.9 Å². The van der Waals surface area contributed by atoms with Crippen LogP contribution in [0.2, 0.25) is 0 Å². The van der Waals surface area contributed by atoms with Crippen LogP contribution in [0.1, 0.15) is 43.2 Å². The van der Waals surface area contributed by atoms with Crippen molar-refractivity contribution in [3.05, 3.63) is 23.3 Å². The van der Waals surface area contributed by atoms with Crippen LogP contribution >= 0.6 is 0 Å². The van der Waals surface area contributed by atoms with Gasteiger partial charge in [-0.05, 0) is 61.4 Å². The average Bonchev–Trinajstić information content (AvgIpc) is 2.62. The maximum absolute atomic E-state index is 10.6. The summed E-state index contributed by atoms with van der Waals surface area (Å²) in [6.45, 7) is 1.13. The van der Waals surface area contributed by atoms with Crippen molar-refractivity contribution in [2.24, 2.45) is 5.92 Å². The minimum absolute atomic E-state index is 0.339. The van der Waals surface area contributed by atoms with E-state index in [0.717, 1.165) is 24.6 Å². The van der Waals surface area contributed by atoms with Gasteiger partial charge in [0, 0.05) is 18.5 Å². The molecule has 3 atom stereocenters. The third-order valence-corrected chi connectivity index (χ3v) is 6.27. The Morgan fingerprint density at radius 3 is 2.63 bits per heavy atom. The number of carboxylic acids is 1. The van der Waals surface area contributed by atoms with E-state index < -0.39 is 12.1 Å². The molecule has 0 amide bonds. The Kier molecular flexibility index (Phi) is 5.29. The van der Waals surface area contributed by atoms with Gasteiger partial charge in [-0.1, -0.05) is 12.8 Å². The standard InChI is InChI=1S/C17H24N2O.C2HF3O2/c1-18-15-9-11-8-14-12-4-2-3-5-17(12,6-7-19-14)13(11)10-16(15)20;3-2(4,5)1(6)7/h9-10,12,14,18-20H,2-8H2,1H3;(H,6,7)/t12-,14+,17+;/m1./s1. The average molecular weight is 386 g/mol. The van der Waals surface area contributed by atoms with E-state index in [2.05, 4.69) is 22.8 Å². The predicted molar refractivity (Wildman–Crippen MR) is 95.1 cm³/mol. The summed E-state index contributed by atoms with van der Waals surface area (Å²) < 4.78 is 31.7. The Bertz CT molecular complexity index is 719. The molecule has 0 spiro atoms. The molecule has 3 aliphatic rings. The van der Waals surface area contributed by atoms with E-state index >= 15 is 0 Å². The molecule has 0 radical (unpaired) electrons. The van der Waals surface area contributed by atoms with Crippen LogP contribution in [0.25, 0.3) is 0 Å². The van der Waals surface area contributed by atoms with Crippen molar-refractivity contribution in [1.29, 1.82) is 0 Å². The van der Waals surface area contributed by atoms with Gasteiger partial charge in [0.2, 0.25) is 0 Å². The number of nitrogens with one attached hydrogen (secondary N) is 2. The normalized spacial score (nSPS) is 28.9. The summed E-state index contributed by atoms with van der Waals surface area (Å²) in [4.78, 5) is 8.90. The number of phenolic OH excluding ortho intramolecular Hbond substituents is 1. The van der Waals surface area contributed by atoms with Crippen LogP contribution in [0.3, 0.4) is 0 Å². The third kappa shape index (κ3) is 3.59. The van der Waals surface area contributed by atoms with Gasteiger partial charge in [0.15, 0.2) is 0 Å². The molecule has 1 aromatic rings. The van der Waals surface area contributed by atoms with Gasteiger partial charge < -0.3 is 20.8 Å². The first-order valence-corrected chi connectivity index (χ1v) is 9.26. The van der Waals surface area contributed by atoms with Crippen LogP contribution in [0.4, 0.5) is 18.9 Å². The smallest absolute Gasteiger partial charge is 0.490 e. The number of rotatable bonds is 1. The number of hydrogen-bond donors (Lipinski definition) is 4. The van der Waals surface area contributed by atoms with Crippen molar-refractivity contribution < 1.29 is 28.2 Å².